The average Bonchev–Trinajstić information content (AvgIpc) is 2.86. The second-order valence-corrected chi connectivity index (χ2v) is 5.44. The van der Waals surface area contributed by atoms with Crippen molar-refractivity contribution in [2.24, 2.45) is 0 Å². The molecule has 0 spiro atoms. The third-order valence-corrected chi connectivity index (χ3v) is 3.57. The number of amides is 1. The van der Waals surface area contributed by atoms with Crippen LogP contribution in [-0.2, 0) is 11.3 Å². The molecule has 1 aromatic carbocycles. The van der Waals surface area contributed by atoms with Crippen molar-refractivity contribution in [3.05, 3.63) is 34.6 Å². The molecule has 7 heteroatoms. The standard InChI is InChI=1S/C15H20N4O2S/c1-11-4-2-5-12(10-11)14-17-18-15(22)19(14)8-6-13(21)16-7-3-9-20/h2,4-5,10,20H,3,6-9H2,1H3,(H,16,21)(H,18,22). The van der Waals surface area contributed by atoms with Gasteiger partial charge in [0.05, 0.1) is 0 Å². The van der Waals surface area contributed by atoms with Crippen LogP contribution in [0.1, 0.15) is 18.4 Å². The molecule has 2 aromatic rings. The fourth-order valence-corrected chi connectivity index (χ4v) is 2.36. The number of rotatable bonds is 7. The van der Waals surface area contributed by atoms with Gasteiger partial charge in [0.1, 0.15) is 0 Å². The van der Waals surface area contributed by atoms with E-state index in [0.29, 0.717) is 30.7 Å². The maximum absolute atomic E-state index is 11.8. The highest BCUT2D eigenvalue weighted by Gasteiger charge is 2.10. The van der Waals surface area contributed by atoms with Crippen molar-refractivity contribution in [1.82, 2.24) is 20.1 Å². The van der Waals surface area contributed by atoms with E-state index in [4.69, 9.17) is 17.3 Å². The average molecular weight is 320 g/mol. The Kier molecular flexibility index (Phi) is 5.85. The summed E-state index contributed by atoms with van der Waals surface area (Å²) in [6, 6.07) is 7.98. The van der Waals surface area contributed by atoms with Crippen molar-refractivity contribution in [3.63, 3.8) is 0 Å². The molecule has 0 bridgehead atoms. The number of hydrogen-bond acceptors (Lipinski definition) is 4. The van der Waals surface area contributed by atoms with Gasteiger partial charge in [0.15, 0.2) is 10.6 Å². The van der Waals surface area contributed by atoms with Crippen molar-refractivity contribution in [2.45, 2.75) is 26.3 Å². The number of carbonyl (C=O) groups excluding carboxylic acids is 1. The van der Waals surface area contributed by atoms with Crippen LogP contribution >= 0.6 is 12.2 Å². The number of aryl methyl sites for hydroxylation is 1. The van der Waals surface area contributed by atoms with E-state index in [1.807, 2.05) is 35.8 Å². The summed E-state index contributed by atoms with van der Waals surface area (Å²) in [4.78, 5) is 11.8. The van der Waals surface area contributed by atoms with Crippen LogP contribution in [0.25, 0.3) is 11.4 Å². The minimum atomic E-state index is -0.0632. The minimum absolute atomic E-state index is 0.0632. The smallest absolute Gasteiger partial charge is 0.221 e. The number of nitrogens with one attached hydrogen (secondary N) is 2. The first-order chi connectivity index (χ1) is 10.6. The Labute approximate surface area is 134 Å². The fourth-order valence-electron chi connectivity index (χ4n) is 2.14. The Morgan fingerprint density at radius 1 is 1.50 bits per heavy atom. The van der Waals surface area contributed by atoms with Gasteiger partial charge in [-0.05, 0) is 31.6 Å². The highest BCUT2D eigenvalue weighted by atomic mass is 32.1. The topological polar surface area (TPSA) is 82.9 Å². The molecular weight excluding hydrogens is 300 g/mol. The first-order valence-electron chi connectivity index (χ1n) is 7.21. The van der Waals surface area contributed by atoms with Crippen LogP contribution in [0.5, 0.6) is 0 Å². The van der Waals surface area contributed by atoms with Gasteiger partial charge in [-0.15, -0.1) is 0 Å². The molecule has 0 unspecified atom stereocenters. The quantitative estimate of drug-likeness (QED) is 0.537. The van der Waals surface area contributed by atoms with E-state index in [1.54, 1.807) is 0 Å². The summed E-state index contributed by atoms with van der Waals surface area (Å²) in [5.41, 5.74) is 2.10. The van der Waals surface area contributed by atoms with Gasteiger partial charge >= 0.3 is 0 Å². The van der Waals surface area contributed by atoms with Gasteiger partial charge < -0.3 is 10.4 Å². The predicted octanol–water partition coefficient (Wildman–Crippen LogP) is 1.80. The zero-order valence-electron chi connectivity index (χ0n) is 12.5. The number of aromatic amines is 1. The van der Waals surface area contributed by atoms with Crippen LogP contribution in [-0.4, -0.2) is 38.9 Å². The summed E-state index contributed by atoms with van der Waals surface area (Å²) in [6.07, 6.45) is 0.878. The van der Waals surface area contributed by atoms with E-state index >= 15 is 0 Å². The van der Waals surface area contributed by atoms with Gasteiger partial charge in [-0.3, -0.25) is 14.5 Å². The molecule has 22 heavy (non-hydrogen) atoms. The number of benzene rings is 1. The molecule has 0 saturated heterocycles. The monoisotopic (exact) mass is 320 g/mol. The summed E-state index contributed by atoms with van der Waals surface area (Å²) >= 11 is 5.24. The van der Waals surface area contributed by atoms with Crippen molar-refractivity contribution >= 4 is 18.1 Å². The summed E-state index contributed by atoms with van der Waals surface area (Å²) in [6.45, 7) is 3.04. The molecule has 0 fully saturated rings. The van der Waals surface area contributed by atoms with E-state index in [-0.39, 0.29) is 12.5 Å². The molecule has 1 amide bonds. The third-order valence-electron chi connectivity index (χ3n) is 3.25. The molecule has 1 heterocycles. The highest BCUT2D eigenvalue weighted by molar-refractivity contribution is 7.71. The van der Waals surface area contributed by atoms with Gasteiger partial charge in [0, 0.05) is 31.7 Å². The Hall–Kier alpha value is -1.99. The molecule has 0 aliphatic rings. The lowest BCUT2D eigenvalue weighted by molar-refractivity contribution is -0.121. The van der Waals surface area contributed by atoms with Crippen LogP contribution in [0.15, 0.2) is 24.3 Å². The lowest BCUT2D eigenvalue weighted by Crippen LogP contribution is -2.26. The van der Waals surface area contributed by atoms with E-state index in [0.717, 1.165) is 17.0 Å². The number of nitrogens with zero attached hydrogens (tertiary/aromatic N) is 2. The predicted molar refractivity (Wildman–Crippen MR) is 86.9 cm³/mol. The second kappa shape index (κ2) is 7.86. The first-order valence-corrected chi connectivity index (χ1v) is 7.62. The van der Waals surface area contributed by atoms with Crippen molar-refractivity contribution in [3.8, 4) is 11.4 Å². The Morgan fingerprint density at radius 3 is 3.05 bits per heavy atom. The van der Waals surface area contributed by atoms with E-state index in [9.17, 15) is 4.79 Å². The molecule has 0 saturated carbocycles. The Morgan fingerprint density at radius 2 is 2.32 bits per heavy atom. The maximum atomic E-state index is 11.8. The number of aliphatic hydroxyl groups is 1. The molecule has 0 atom stereocenters. The Balaban J connectivity index is 2.07. The zero-order valence-corrected chi connectivity index (χ0v) is 13.3. The van der Waals surface area contributed by atoms with Crippen molar-refractivity contribution in [1.29, 1.82) is 0 Å². The normalized spacial score (nSPS) is 10.6. The molecule has 0 radical (unpaired) electrons. The minimum Gasteiger partial charge on any atom is -0.396 e. The van der Waals surface area contributed by atoms with Gasteiger partial charge in [-0.25, -0.2) is 0 Å². The van der Waals surface area contributed by atoms with Gasteiger partial charge in [0.2, 0.25) is 5.91 Å². The molecule has 1 aromatic heterocycles. The molecule has 2 rings (SSSR count). The number of aliphatic hydroxyl groups excluding tert-OH is 1. The second-order valence-electron chi connectivity index (χ2n) is 5.05. The molecule has 0 aliphatic heterocycles. The molecule has 0 aliphatic carbocycles. The number of H-pyrrole nitrogens is 1. The van der Waals surface area contributed by atoms with Crippen molar-refractivity contribution < 1.29 is 9.90 Å². The van der Waals surface area contributed by atoms with E-state index in [1.165, 1.54) is 0 Å². The molecular formula is C15H20N4O2S. The first kappa shape index (κ1) is 16.4. The summed E-state index contributed by atoms with van der Waals surface area (Å²) in [7, 11) is 0. The van der Waals surface area contributed by atoms with Gasteiger partial charge in [-0.2, -0.15) is 5.10 Å². The van der Waals surface area contributed by atoms with Crippen LogP contribution in [0.4, 0.5) is 0 Å². The van der Waals surface area contributed by atoms with Crippen molar-refractivity contribution in [2.75, 3.05) is 13.2 Å². The lowest BCUT2D eigenvalue weighted by Gasteiger charge is -2.08. The molecule has 6 nitrogen and oxygen atoms in total. The summed E-state index contributed by atoms with van der Waals surface area (Å²) in [5, 5.41) is 18.5. The molecule has 118 valence electrons. The zero-order chi connectivity index (χ0) is 15.9. The van der Waals surface area contributed by atoms with Gasteiger partial charge in [-0.1, -0.05) is 23.8 Å². The van der Waals surface area contributed by atoms with Crippen LogP contribution in [0.3, 0.4) is 0 Å². The van der Waals surface area contributed by atoms with E-state index < -0.39 is 0 Å². The number of carbonyl (C=O) groups is 1. The lowest BCUT2D eigenvalue weighted by atomic mass is 10.1. The Bertz CT molecular complexity index is 693. The highest BCUT2D eigenvalue weighted by Crippen LogP contribution is 2.18. The summed E-state index contributed by atoms with van der Waals surface area (Å²) < 4.78 is 2.33. The summed E-state index contributed by atoms with van der Waals surface area (Å²) in [5.74, 6) is 0.670. The third kappa shape index (κ3) is 4.25. The largest absolute Gasteiger partial charge is 0.396 e. The maximum Gasteiger partial charge on any atom is 0.221 e. The molecule has 3 N–H and O–H groups in total. The number of hydrogen-bond donors (Lipinski definition) is 3. The SMILES string of the molecule is Cc1cccc(-c2n[nH]c(=S)n2CCC(=O)NCCCO)c1. The van der Waals surface area contributed by atoms with Gasteiger partial charge in [0.25, 0.3) is 0 Å². The van der Waals surface area contributed by atoms with Crippen LogP contribution in [0.2, 0.25) is 0 Å². The number of aromatic nitrogens is 3. The fraction of sp³-hybridized carbons (Fsp3) is 0.400. The van der Waals surface area contributed by atoms with Crippen LogP contribution in [0, 0.1) is 11.7 Å². The van der Waals surface area contributed by atoms with E-state index in [2.05, 4.69) is 15.5 Å². The van der Waals surface area contributed by atoms with Crippen LogP contribution < -0.4 is 5.32 Å².